The van der Waals surface area contributed by atoms with E-state index >= 15 is 0 Å². The fourth-order valence-corrected chi connectivity index (χ4v) is 1.81. The molecule has 3 heteroatoms. The van der Waals surface area contributed by atoms with Gasteiger partial charge in [0.1, 0.15) is 11.8 Å². The molecule has 0 unspecified atom stereocenters. The van der Waals surface area contributed by atoms with Crippen molar-refractivity contribution in [2.75, 3.05) is 11.9 Å². The van der Waals surface area contributed by atoms with Crippen molar-refractivity contribution in [3.8, 4) is 11.8 Å². The molecule has 84 valence electrons. The Balaban J connectivity index is 2.71. The van der Waals surface area contributed by atoms with Gasteiger partial charge >= 0.3 is 0 Å². The van der Waals surface area contributed by atoms with Crippen LogP contribution in [0.2, 0.25) is 0 Å². The average Bonchev–Trinajstić information content (AvgIpc) is 2.35. The van der Waals surface area contributed by atoms with E-state index in [0.717, 1.165) is 23.1 Å². The number of benzene rings is 1. The van der Waals surface area contributed by atoms with Gasteiger partial charge in [0.25, 0.3) is 0 Å². The first kappa shape index (κ1) is 12.8. The molecule has 0 aliphatic heterocycles. The Kier molecular flexibility index (Phi) is 5.66. The molecule has 0 radical (unpaired) electrons. The van der Waals surface area contributed by atoms with Crippen LogP contribution in [0.4, 0.5) is 0 Å². The number of halogens is 1. The molecule has 0 aliphatic carbocycles. The van der Waals surface area contributed by atoms with E-state index in [1.54, 1.807) is 0 Å². The number of ether oxygens (including phenoxy) is 1. The standard InChI is InChI=1S/C13H14BrNO/c1-2-11(10-14)9-12-3-5-13(6-4-12)16-8-7-15/h3-6,9H,2,8,10H2,1H3. The van der Waals surface area contributed by atoms with Crippen LogP contribution in [0.1, 0.15) is 18.9 Å². The summed E-state index contributed by atoms with van der Waals surface area (Å²) in [5, 5.41) is 9.27. The molecule has 0 N–H and O–H groups in total. The van der Waals surface area contributed by atoms with Gasteiger partial charge in [-0.15, -0.1) is 0 Å². The van der Waals surface area contributed by atoms with Crippen LogP contribution in [-0.4, -0.2) is 11.9 Å². The van der Waals surface area contributed by atoms with E-state index in [9.17, 15) is 0 Å². The number of alkyl halides is 1. The first-order chi connectivity index (χ1) is 7.80. The van der Waals surface area contributed by atoms with E-state index in [0.29, 0.717) is 0 Å². The van der Waals surface area contributed by atoms with Gasteiger partial charge in [0.15, 0.2) is 6.61 Å². The zero-order chi connectivity index (χ0) is 11.8. The van der Waals surface area contributed by atoms with Gasteiger partial charge in [-0.1, -0.05) is 46.6 Å². The van der Waals surface area contributed by atoms with Crippen molar-refractivity contribution < 1.29 is 4.74 Å². The van der Waals surface area contributed by atoms with E-state index in [1.807, 2.05) is 30.3 Å². The second kappa shape index (κ2) is 7.08. The molecule has 0 spiro atoms. The maximum absolute atomic E-state index is 8.38. The first-order valence-corrected chi connectivity index (χ1v) is 6.27. The lowest BCUT2D eigenvalue weighted by molar-refractivity contribution is 0.368. The van der Waals surface area contributed by atoms with E-state index in [1.165, 1.54) is 5.57 Å². The number of nitrogens with zero attached hydrogens (tertiary/aromatic N) is 1. The van der Waals surface area contributed by atoms with Crippen molar-refractivity contribution >= 4 is 22.0 Å². The van der Waals surface area contributed by atoms with E-state index in [-0.39, 0.29) is 6.61 Å². The van der Waals surface area contributed by atoms with Crippen molar-refractivity contribution in [2.24, 2.45) is 0 Å². The summed E-state index contributed by atoms with van der Waals surface area (Å²) in [6, 6.07) is 9.68. The topological polar surface area (TPSA) is 33.0 Å². The summed E-state index contributed by atoms with van der Waals surface area (Å²) < 4.78 is 5.18. The SMILES string of the molecule is CCC(=Cc1ccc(OCC#N)cc1)CBr. The predicted octanol–water partition coefficient (Wildman–Crippen LogP) is 3.78. The number of nitriles is 1. The molecule has 0 fully saturated rings. The highest BCUT2D eigenvalue weighted by Gasteiger charge is 1.95. The van der Waals surface area contributed by atoms with Crippen LogP contribution < -0.4 is 4.74 Å². The molecular weight excluding hydrogens is 266 g/mol. The molecule has 1 rings (SSSR count). The van der Waals surface area contributed by atoms with Crippen molar-refractivity contribution in [3.05, 3.63) is 35.4 Å². The summed E-state index contributed by atoms with van der Waals surface area (Å²) in [6.45, 7) is 2.23. The summed E-state index contributed by atoms with van der Waals surface area (Å²) in [4.78, 5) is 0. The Morgan fingerprint density at radius 2 is 2.12 bits per heavy atom. The summed E-state index contributed by atoms with van der Waals surface area (Å²) in [6.07, 6.45) is 3.20. The van der Waals surface area contributed by atoms with Gasteiger partial charge in [-0.05, 0) is 24.1 Å². The lowest BCUT2D eigenvalue weighted by Crippen LogP contribution is -1.92. The maximum atomic E-state index is 8.38. The second-order valence-corrected chi connectivity index (χ2v) is 3.87. The monoisotopic (exact) mass is 279 g/mol. The average molecular weight is 280 g/mol. The lowest BCUT2D eigenvalue weighted by atomic mass is 10.1. The van der Waals surface area contributed by atoms with Crippen LogP contribution >= 0.6 is 15.9 Å². The van der Waals surface area contributed by atoms with Crippen LogP contribution in [0.3, 0.4) is 0 Å². The number of hydrogen-bond donors (Lipinski definition) is 0. The van der Waals surface area contributed by atoms with Crippen LogP contribution in [0.25, 0.3) is 6.08 Å². The van der Waals surface area contributed by atoms with Gasteiger partial charge in [0.2, 0.25) is 0 Å². The fraction of sp³-hybridized carbons (Fsp3) is 0.308. The van der Waals surface area contributed by atoms with Crippen molar-refractivity contribution in [3.63, 3.8) is 0 Å². The normalized spacial score (nSPS) is 10.9. The Labute approximate surface area is 105 Å². The molecule has 0 amide bonds. The Morgan fingerprint density at radius 1 is 1.44 bits per heavy atom. The number of allylic oxidation sites excluding steroid dienone is 1. The minimum Gasteiger partial charge on any atom is -0.479 e. The van der Waals surface area contributed by atoms with Gasteiger partial charge < -0.3 is 4.74 Å². The molecule has 0 aromatic heterocycles. The van der Waals surface area contributed by atoms with Gasteiger partial charge in [-0.2, -0.15) is 5.26 Å². The third kappa shape index (κ3) is 4.08. The molecule has 0 aliphatic rings. The summed E-state index contributed by atoms with van der Waals surface area (Å²) in [5.41, 5.74) is 2.51. The molecule has 1 aromatic rings. The van der Waals surface area contributed by atoms with Crippen LogP contribution in [0, 0.1) is 11.3 Å². The number of rotatable bonds is 5. The molecule has 0 saturated heterocycles. The van der Waals surface area contributed by atoms with E-state index < -0.39 is 0 Å². The molecular formula is C13H14BrNO. The first-order valence-electron chi connectivity index (χ1n) is 5.15. The van der Waals surface area contributed by atoms with Crippen LogP contribution in [-0.2, 0) is 0 Å². The van der Waals surface area contributed by atoms with Gasteiger partial charge in [0.05, 0.1) is 0 Å². The van der Waals surface area contributed by atoms with Crippen LogP contribution in [0.15, 0.2) is 29.8 Å². The molecule has 1 aromatic carbocycles. The largest absolute Gasteiger partial charge is 0.479 e. The summed E-state index contributed by atoms with van der Waals surface area (Å²) >= 11 is 3.45. The van der Waals surface area contributed by atoms with Crippen molar-refractivity contribution in [1.82, 2.24) is 0 Å². The molecule has 2 nitrogen and oxygen atoms in total. The fourth-order valence-electron chi connectivity index (χ4n) is 1.25. The zero-order valence-corrected chi connectivity index (χ0v) is 10.8. The third-order valence-electron chi connectivity index (χ3n) is 2.18. The molecule has 0 atom stereocenters. The Bertz CT molecular complexity index is 383. The quantitative estimate of drug-likeness (QED) is 0.769. The predicted molar refractivity (Wildman–Crippen MR) is 69.6 cm³/mol. The minimum absolute atomic E-state index is 0.0940. The summed E-state index contributed by atoms with van der Waals surface area (Å²) in [7, 11) is 0. The van der Waals surface area contributed by atoms with Gasteiger partial charge in [-0.3, -0.25) is 0 Å². The smallest absolute Gasteiger partial charge is 0.174 e. The van der Waals surface area contributed by atoms with E-state index in [4.69, 9.17) is 10.00 Å². The van der Waals surface area contributed by atoms with Crippen molar-refractivity contribution in [2.45, 2.75) is 13.3 Å². The highest BCUT2D eigenvalue weighted by Crippen LogP contribution is 2.16. The Hall–Kier alpha value is -1.27. The minimum atomic E-state index is 0.0940. The van der Waals surface area contributed by atoms with Crippen molar-refractivity contribution in [1.29, 1.82) is 5.26 Å². The molecule has 16 heavy (non-hydrogen) atoms. The van der Waals surface area contributed by atoms with Gasteiger partial charge in [0, 0.05) is 5.33 Å². The highest BCUT2D eigenvalue weighted by atomic mass is 79.9. The molecule has 0 bridgehead atoms. The van der Waals surface area contributed by atoms with Crippen LogP contribution in [0.5, 0.6) is 5.75 Å². The second-order valence-electron chi connectivity index (χ2n) is 3.31. The lowest BCUT2D eigenvalue weighted by Gasteiger charge is -2.03. The van der Waals surface area contributed by atoms with E-state index in [2.05, 4.69) is 28.9 Å². The van der Waals surface area contributed by atoms with Gasteiger partial charge in [-0.25, -0.2) is 0 Å². The molecule has 0 saturated carbocycles. The summed E-state index contributed by atoms with van der Waals surface area (Å²) in [5.74, 6) is 0.732. The molecule has 0 heterocycles. The Morgan fingerprint density at radius 3 is 2.62 bits per heavy atom. The zero-order valence-electron chi connectivity index (χ0n) is 9.24. The highest BCUT2D eigenvalue weighted by molar-refractivity contribution is 9.09. The maximum Gasteiger partial charge on any atom is 0.174 e. The number of hydrogen-bond acceptors (Lipinski definition) is 2. The third-order valence-corrected chi connectivity index (χ3v) is 2.90.